The van der Waals surface area contributed by atoms with Crippen molar-refractivity contribution in [2.75, 3.05) is 0 Å². The van der Waals surface area contributed by atoms with Crippen LogP contribution in [0, 0.1) is 0 Å². The predicted octanol–water partition coefficient (Wildman–Crippen LogP) is 7.88. The van der Waals surface area contributed by atoms with Crippen molar-refractivity contribution in [2.24, 2.45) is 7.05 Å². The topological polar surface area (TPSA) is 65.6 Å². The summed E-state index contributed by atoms with van der Waals surface area (Å²) in [7, 11) is 1.13. The molecule has 3 heterocycles. The molecule has 1 aliphatic rings. The van der Waals surface area contributed by atoms with E-state index in [0.717, 1.165) is 67.7 Å². The average Bonchev–Trinajstić information content (AvgIpc) is 3.37. The van der Waals surface area contributed by atoms with E-state index >= 15 is 0 Å². The number of hydrogen-bond acceptors (Lipinski definition) is 4. The normalized spacial score (nSPS) is 14.7. The van der Waals surface area contributed by atoms with Crippen LogP contribution in [-0.2, 0) is 32.1 Å². The molecule has 0 radical (unpaired) electrons. The Hall–Kier alpha value is -4.17. The molecule has 1 fully saturated rings. The molecule has 1 aromatic carbocycles. The lowest BCUT2D eigenvalue weighted by atomic mass is 9.84. The van der Waals surface area contributed by atoms with Gasteiger partial charge in [-0.15, -0.1) is 0 Å². The van der Waals surface area contributed by atoms with E-state index in [1.165, 1.54) is 18.2 Å². The first-order chi connectivity index (χ1) is 20.6. The van der Waals surface area contributed by atoms with E-state index in [1.807, 2.05) is 0 Å². The van der Waals surface area contributed by atoms with E-state index in [0.29, 0.717) is 17.5 Å². The number of halogens is 9. The molecule has 15 heteroatoms. The predicted molar refractivity (Wildman–Crippen MR) is 141 cm³/mol. The Kier molecular flexibility index (Phi) is 9.54. The fraction of sp³-hybridized carbons (Fsp3) is 0.379. The van der Waals surface area contributed by atoms with Gasteiger partial charge in [-0.3, -0.25) is 14.5 Å². The standard InChI is InChI=1S/C22H21F6N5O.C7H5F3/c1-32-19(22(26,27)28)15(11-30-32)17-10-14(13-6-3-2-4-7-13)20(34)33(31-17)12-18-16(21(23,24)25)8-5-9-29-18;8-7(9,10)6-4-2-1-3-5-6/h5,8-11,13H,2-4,6-7,12H2,1H3;1-5H. The lowest BCUT2D eigenvalue weighted by molar-refractivity contribution is -0.143. The van der Waals surface area contributed by atoms with Crippen molar-refractivity contribution in [3.05, 3.63) is 99.4 Å². The second-order valence-corrected chi connectivity index (χ2v) is 10.2. The molecule has 0 N–H and O–H groups in total. The number of aryl methyl sites for hydroxylation is 1. The van der Waals surface area contributed by atoms with Crippen LogP contribution in [0.2, 0.25) is 0 Å². The zero-order valence-electron chi connectivity index (χ0n) is 23.1. The minimum atomic E-state index is -4.75. The summed E-state index contributed by atoms with van der Waals surface area (Å²) in [4.78, 5) is 17.0. The van der Waals surface area contributed by atoms with Gasteiger partial charge in [0.25, 0.3) is 5.56 Å². The molecule has 4 aromatic rings. The van der Waals surface area contributed by atoms with Crippen LogP contribution in [0.1, 0.15) is 66.1 Å². The Morgan fingerprint density at radius 2 is 1.50 bits per heavy atom. The molecule has 0 amide bonds. The van der Waals surface area contributed by atoms with E-state index in [2.05, 4.69) is 15.2 Å². The van der Waals surface area contributed by atoms with Gasteiger partial charge >= 0.3 is 18.5 Å². The molecule has 6 nitrogen and oxygen atoms in total. The van der Waals surface area contributed by atoms with Gasteiger partial charge in [0.1, 0.15) is 0 Å². The Morgan fingerprint density at radius 1 is 0.841 bits per heavy atom. The van der Waals surface area contributed by atoms with Crippen molar-refractivity contribution in [1.29, 1.82) is 0 Å². The zero-order valence-corrected chi connectivity index (χ0v) is 23.1. The summed E-state index contributed by atoms with van der Waals surface area (Å²) in [5.41, 5.74) is -4.06. The minimum absolute atomic E-state index is 0.176. The van der Waals surface area contributed by atoms with Crippen LogP contribution in [0.4, 0.5) is 39.5 Å². The summed E-state index contributed by atoms with van der Waals surface area (Å²) in [5, 5.41) is 7.74. The van der Waals surface area contributed by atoms with Crippen molar-refractivity contribution in [2.45, 2.75) is 63.1 Å². The van der Waals surface area contributed by atoms with Gasteiger partial charge in [-0.1, -0.05) is 49.6 Å². The van der Waals surface area contributed by atoms with Gasteiger partial charge in [-0.2, -0.15) is 49.7 Å². The Morgan fingerprint density at radius 3 is 2.07 bits per heavy atom. The summed E-state index contributed by atoms with van der Waals surface area (Å²) >= 11 is 0. The van der Waals surface area contributed by atoms with E-state index in [-0.39, 0.29) is 22.7 Å². The number of rotatable bonds is 4. The Bertz CT molecular complexity index is 1620. The summed E-state index contributed by atoms with van der Waals surface area (Å²) in [6.45, 7) is -0.635. The number of pyridine rings is 1. The maximum absolute atomic E-state index is 13.7. The molecule has 0 bridgehead atoms. The molecule has 236 valence electrons. The van der Waals surface area contributed by atoms with Crippen molar-refractivity contribution < 1.29 is 39.5 Å². The molecular weight excluding hydrogens is 605 g/mol. The van der Waals surface area contributed by atoms with Crippen LogP contribution in [-0.4, -0.2) is 24.5 Å². The van der Waals surface area contributed by atoms with Crippen LogP contribution >= 0.6 is 0 Å². The van der Waals surface area contributed by atoms with Crippen LogP contribution in [0.3, 0.4) is 0 Å². The van der Waals surface area contributed by atoms with Gasteiger partial charge < -0.3 is 0 Å². The molecule has 1 aliphatic carbocycles. The van der Waals surface area contributed by atoms with Gasteiger partial charge in [-0.05, 0) is 37.0 Å². The van der Waals surface area contributed by atoms with Gasteiger partial charge in [0.05, 0.1) is 40.8 Å². The first-order valence-electron chi connectivity index (χ1n) is 13.4. The fourth-order valence-electron chi connectivity index (χ4n) is 5.06. The number of alkyl halides is 9. The number of aromatic nitrogens is 5. The zero-order chi connectivity index (χ0) is 32.3. The smallest absolute Gasteiger partial charge is 0.267 e. The fourth-order valence-corrected chi connectivity index (χ4v) is 5.06. The molecule has 1 saturated carbocycles. The molecular formula is C29H26F9N5O. The SMILES string of the molecule is Cn1ncc(-c2cc(C3CCCCC3)c(=O)n(Cc3ncccc3C(F)(F)F)n2)c1C(F)(F)F.FC(F)(F)c1ccccc1. The van der Waals surface area contributed by atoms with Crippen LogP contribution in [0.5, 0.6) is 0 Å². The minimum Gasteiger partial charge on any atom is -0.267 e. The van der Waals surface area contributed by atoms with Crippen molar-refractivity contribution >= 4 is 0 Å². The third-order valence-corrected chi connectivity index (χ3v) is 7.13. The van der Waals surface area contributed by atoms with Crippen molar-refractivity contribution in [3.8, 4) is 11.3 Å². The summed E-state index contributed by atoms with van der Waals surface area (Å²) < 4.78 is 118. The van der Waals surface area contributed by atoms with E-state index in [9.17, 15) is 44.3 Å². The number of benzene rings is 1. The maximum atomic E-state index is 13.7. The van der Waals surface area contributed by atoms with E-state index in [4.69, 9.17) is 0 Å². The molecule has 0 spiro atoms. The first kappa shape index (κ1) is 32.7. The largest absolute Gasteiger partial charge is 0.433 e. The monoisotopic (exact) mass is 631 g/mol. The molecule has 5 rings (SSSR count). The summed E-state index contributed by atoms with van der Waals surface area (Å²) in [6.07, 6.45) is -7.53. The van der Waals surface area contributed by atoms with Crippen LogP contribution in [0.15, 0.2) is 65.7 Å². The quantitative estimate of drug-likeness (QED) is 0.215. The maximum Gasteiger partial charge on any atom is 0.433 e. The average molecular weight is 632 g/mol. The number of nitrogens with zero attached hydrogens (tertiary/aromatic N) is 5. The third kappa shape index (κ3) is 7.66. The van der Waals surface area contributed by atoms with Crippen molar-refractivity contribution in [1.82, 2.24) is 24.5 Å². The van der Waals surface area contributed by atoms with Crippen molar-refractivity contribution in [3.63, 3.8) is 0 Å². The highest BCUT2D eigenvalue weighted by Crippen LogP contribution is 2.38. The second kappa shape index (κ2) is 12.8. The van der Waals surface area contributed by atoms with Crippen LogP contribution in [0.25, 0.3) is 11.3 Å². The van der Waals surface area contributed by atoms with Gasteiger partial charge in [-0.25, -0.2) is 4.68 Å². The third-order valence-electron chi connectivity index (χ3n) is 7.13. The molecule has 44 heavy (non-hydrogen) atoms. The van der Waals surface area contributed by atoms with E-state index < -0.39 is 53.1 Å². The molecule has 0 atom stereocenters. The molecule has 0 aliphatic heterocycles. The molecule has 0 unspecified atom stereocenters. The van der Waals surface area contributed by atoms with Gasteiger partial charge in [0.15, 0.2) is 5.69 Å². The number of hydrogen-bond donors (Lipinski definition) is 0. The lowest BCUT2D eigenvalue weighted by Crippen LogP contribution is -2.30. The van der Waals surface area contributed by atoms with Gasteiger partial charge in [0.2, 0.25) is 0 Å². The van der Waals surface area contributed by atoms with Crippen LogP contribution < -0.4 is 5.56 Å². The molecule has 0 saturated heterocycles. The van der Waals surface area contributed by atoms with E-state index in [1.54, 1.807) is 6.07 Å². The Labute approximate surface area is 245 Å². The highest BCUT2D eigenvalue weighted by atomic mass is 19.4. The highest BCUT2D eigenvalue weighted by molar-refractivity contribution is 5.62. The first-order valence-corrected chi connectivity index (χ1v) is 13.4. The summed E-state index contributed by atoms with van der Waals surface area (Å²) in [6, 6.07) is 9.64. The summed E-state index contributed by atoms with van der Waals surface area (Å²) in [5.74, 6) is -0.217. The lowest BCUT2D eigenvalue weighted by Gasteiger charge is -2.23. The molecule has 3 aromatic heterocycles. The second-order valence-electron chi connectivity index (χ2n) is 10.2. The highest BCUT2D eigenvalue weighted by Gasteiger charge is 2.39. The Balaban J connectivity index is 0.000000375. The van der Waals surface area contributed by atoms with Gasteiger partial charge in [0, 0.05) is 18.8 Å².